The van der Waals surface area contributed by atoms with E-state index in [1.807, 2.05) is 18.2 Å². The Morgan fingerprint density at radius 2 is 1.88 bits per heavy atom. The SMILES string of the molecule is CCC(=O)COC(=O)N(C)c1ccccc1. The Morgan fingerprint density at radius 3 is 2.44 bits per heavy atom. The topological polar surface area (TPSA) is 46.6 Å². The predicted molar refractivity (Wildman–Crippen MR) is 61.5 cm³/mol. The van der Waals surface area contributed by atoms with Gasteiger partial charge in [0.1, 0.15) is 0 Å². The summed E-state index contributed by atoms with van der Waals surface area (Å²) in [5, 5.41) is 0. The number of para-hydroxylation sites is 1. The summed E-state index contributed by atoms with van der Waals surface area (Å²) in [6.07, 6.45) is -0.143. The van der Waals surface area contributed by atoms with Gasteiger partial charge in [0.25, 0.3) is 0 Å². The van der Waals surface area contributed by atoms with Crippen molar-refractivity contribution >= 4 is 17.6 Å². The number of carbonyl (C=O) groups excluding carboxylic acids is 2. The van der Waals surface area contributed by atoms with Crippen molar-refractivity contribution < 1.29 is 14.3 Å². The number of hydrogen-bond acceptors (Lipinski definition) is 3. The molecule has 0 aliphatic carbocycles. The van der Waals surface area contributed by atoms with Crippen LogP contribution in [-0.2, 0) is 9.53 Å². The second kappa shape index (κ2) is 5.90. The van der Waals surface area contributed by atoms with Crippen LogP contribution in [0.1, 0.15) is 13.3 Å². The molecule has 0 radical (unpaired) electrons. The van der Waals surface area contributed by atoms with E-state index in [4.69, 9.17) is 4.74 Å². The first-order chi connectivity index (χ1) is 7.65. The molecule has 0 aliphatic heterocycles. The molecule has 0 N–H and O–H groups in total. The second-order valence-electron chi connectivity index (χ2n) is 3.34. The first-order valence-electron chi connectivity index (χ1n) is 5.12. The van der Waals surface area contributed by atoms with Gasteiger partial charge in [0.05, 0.1) is 0 Å². The van der Waals surface area contributed by atoms with E-state index in [2.05, 4.69) is 0 Å². The highest BCUT2D eigenvalue weighted by atomic mass is 16.6. The summed E-state index contributed by atoms with van der Waals surface area (Å²) in [7, 11) is 1.61. The third-order valence-electron chi connectivity index (χ3n) is 2.17. The largest absolute Gasteiger partial charge is 0.441 e. The molecule has 0 saturated carbocycles. The number of amides is 1. The smallest absolute Gasteiger partial charge is 0.414 e. The molecular weight excluding hydrogens is 206 g/mol. The summed E-state index contributed by atoms with van der Waals surface area (Å²) in [5.74, 6) is -0.0881. The molecule has 0 spiro atoms. The average molecular weight is 221 g/mol. The Bertz CT molecular complexity index is 362. The summed E-state index contributed by atoms with van der Waals surface area (Å²) in [5.41, 5.74) is 0.733. The fraction of sp³-hybridized carbons (Fsp3) is 0.333. The molecule has 1 rings (SSSR count). The lowest BCUT2D eigenvalue weighted by atomic mass is 10.3. The van der Waals surface area contributed by atoms with Crippen LogP contribution in [0.2, 0.25) is 0 Å². The van der Waals surface area contributed by atoms with E-state index in [0.29, 0.717) is 6.42 Å². The Labute approximate surface area is 94.8 Å². The van der Waals surface area contributed by atoms with Crippen molar-refractivity contribution in [1.82, 2.24) is 0 Å². The number of Topliss-reactive ketones (excluding diaryl/α,β-unsaturated/α-hetero) is 1. The van der Waals surface area contributed by atoms with Crippen molar-refractivity contribution in [2.75, 3.05) is 18.6 Å². The number of nitrogens with zero attached hydrogens (tertiary/aromatic N) is 1. The fourth-order valence-corrected chi connectivity index (χ4v) is 1.10. The van der Waals surface area contributed by atoms with Crippen LogP contribution in [0.5, 0.6) is 0 Å². The zero-order valence-corrected chi connectivity index (χ0v) is 9.47. The van der Waals surface area contributed by atoms with E-state index < -0.39 is 6.09 Å². The lowest BCUT2D eigenvalue weighted by molar-refractivity contribution is -0.121. The van der Waals surface area contributed by atoms with Crippen molar-refractivity contribution in [3.05, 3.63) is 30.3 Å². The van der Waals surface area contributed by atoms with Gasteiger partial charge in [0.15, 0.2) is 12.4 Å². The van der Waals surface area contributed by atoms with Crippen LogP contribution < -0.4 is 4.90 Å². The molecule has 0 fully saturated rings. The van der Waals surface area contributed by atoms with E-state index in [0.717, 1.165) is 5.69 Å². The standard InChI is InChI=1S/C12H15NO3/c1-3-11(14)9-16-12(15)13(2)10-7-5-4-6-8-10/h4-8H,3,9H2,1-2H3. The van der Waals surface area contributed by atoms with Gasteiger partial charge in [0.2, 0.25) is 0 Å². The maximum atomic E-state index is 11.5. The minimum absolute atomic E-state index is 0.0881. The van der Waals surface area contributed by atoms with E-state index in [-0.39, 0.29) is 12.4 Å². The number of anilines is 1. The highest BCUT2D eigenvalue weighted by Gasteiger charge is 2.12. The molecule has 4 nitrogen and oxygen atoms in total. The molecule has 0 atom stereocenters. The average Bonchev–Trinajstić information content (AvgIpc) is 2.35. The van der Waals surface area contributed by atoms with Crippen LogP contribution in [0.3, 0.4) is 0 Å². The molecule has 1 aromatic rings. The molecule has 0 heterocycles. The maximum absolute atomic E-state index is 11.5. The van der Waals surface area contributed by atoms with Gasteiger partial charge in [-0.15, -0.1) is 0 Å². The van der Waals surface area contributed by atoms with Gasteiger partial charge in [0, 0.05) is 19.2 Å². The molecule has 4 heteroatoms. The monoisotopic (exact) mass is 221 g/mol. The van der Waals surface area contributed by atoms with Crippen LogP contribution in [0.25, 0.3) is 0 Å². The van der Waals surface area contributed by atoms with Crippen molar-refractivity contribution in [3.63, 3.8) is 0 Å². The zero-order valence-electron chi connectivity index (χ0n) is 9.47. The summed E-state index contributed by atoms with van der Waals surface area (Å²) in [4.78, 5) is 23.9. The zero-order chi connectivity index (χ0) is 12.0. The minimum Gasteiger partial charge on any atom is -0.441 e. The molecule has 0 bridgehead atoms. The molecule has 16 heavy (non-hydrogen) atoms. The van der Waals surface area contributed by atoms with Crippen molar-refractivity contribution in [3.8, 4) is 0 Å². The maximum Gasteiger partial charge on any atom is 0.414 e. The van der Waals surface area contributed by atoms with Gasteiger partial charge in [-0.25, -0.2) is 4.79 Å². The van der Waals surface area contributed by atoms with Crippen LogP contribution in [0.4, 0.5) is 10.5 Å². The van der Waals surface area contributed by atoms with Crippen LogP contribution in [0.15, 0.2) is 30.3 Å². The van der Waals surface area contributed by atoms with Crippen LogP contribution >= 0.6 is 0 Å². The van der Waals surface area contributed by atoms with E-state index >= 15 is 0 Å². The molecule has 0 saturated heterocycles. The number of benzene rings is 1. The predicted octanol–water partition coefficient (Wildman–Crippen LogP) is 2.24. The van der Waals surface area contributed by atoms with Gasteiger partial charge < -0.3 is 4.74 Å². The first kappa shape index (κ1) is 12.2. The summed E-state index contributed by atoms with van der Waals surface area (Å²) in [6, 6.07) is 9.11. The van der Waals surface area contributed by atoms with E-state index in [1.54, 1.807) is 26.1 Å². The van der Waals surface area contributed by atoms with Gasteiger partial charge in [-0.05, 0) is 12.1 Å². The van der Waals surface area contributed by atoms with Gasteiger partial charge in [-0.2, -0.15) is 0 Å². The Morgan fingerprint density at radius 1 is 1.25 bits per heavy atom. The third kappa shape index (κ3) is 3.38. The molecule has 1 aromatic carbocycles. The van der Waals surface area contributed by atoms with Gasteiger partial charge in [-0.3, -0.25) is 9.69 Å². The molecule has 0 unspecified atom stereocenters. The summed E-state index contributed by atoms with van der Waals surface area (Å²) < 4.78 is 4.85. The molecule has 0 aliphatic rings. The lowest BCUT2D eigenvalue weighted by Crippen LogP contribution is -2.28. The highest BCUT2D eigenvalue weighted by Crippen LogP contribution is 2.11. The van der Waals surface area contributed by atoms with Gasteiger partial charge in [-0.1, -0.05) is 25.1 Å². The second-order valence-corrected chi connectivity index (χ2v) is 3.34. The summed E-state index contributed by atoms with van der Waals surface area (Å²) in [6.45, 7) is 1.57. The molecule has 1 amide bonds. The first-order valence-corrected chi connectivity index (χ1v) is 5.12. The third-order valence-corrected chi connectivity index (χ3v) is 2.17. The molecular formula is C12H15NO3. The Hall–Kier alpha value is -1.84. The van der Waals surface area contributed by atoms with Crippen molar-refractivity contribution in [1.29, 1.82) is 0 Å². The summed E-state index contributed by atoms with van der Waals surface area (Å²) >= 11 is 0. The fourth-order valence-electron chi connectivity index (χ4n) is 1.10. The Balaban J connectivity index is 2.52. The number of carbonyl (C=O) groups is 2. The normalized spacial score (nSPS) is 9.62. The van der Waals surface area contributed by atoms with Crippen molar-refractivity contribution in [2.45, 2.75) is 13.3 Å². The van der Waals surface area contributed by atoms with E-state index in [9.17, 15) is 9.59 Å². The van der Waals surface area contributed by atoms with E-state index in [1.165, 1.54) is 4.90 Å². The van der Waals surface area contributed by atoms with Gasteiger partial charge >= 0.3 is 6.09 Å². The molecule has 0 aromatic heterocycles. The number of ether oxygens (including phenoxy) is 1. The van der Waals surface area contributed by atoms with Crippen LogP contribution in [-0.4, -0.2) is 25.5 Å². The van der Waals surface area contributed by atoms with Crippen LogP contribution in [0, 0.1) is 0 Å². The highest BCUT2D eigenvalue weighted by molar-refractivity contribution is 5.89. The number of hydrogen-bond donors (Lipinski definition) is 0. The number of ketones is 1. The van der Waals surface area contributed by atoms with Crippen molar-refractivity contribution in [2.24, 2.45) is 0 Å². The Kier molecular flexibility index (Phi) is 4.51. The quantitative estimate of drug-likeness (QED) is 0.783. The number of rotatable bonds is 4. The lowest BCUT2D eigenvalue weighted by Gasteiger charge is -2.16. The minimum atomic E-state index is -0.520. The molecule has 86 valence electrons.